The summed E-state index contributed by atoms with van der Waals surface area (Å²) >= 11 is 0. The highest BCUT2D eigenvalue weighted by Crippen LogP contribution is 2.19. The molecule has 1 unspecified atom stereocenters. The molecule has 0 spiro atoms. The molecule has 0 aliphatic rings. The van der Waals surface area contributed by atoms with Gasteiger partial charge in [-0.1, -0.05) is 26.0 Å². The molecule has 0 aromatic heterocycles. The van der Waals surface area contributed by atoms with Gasteiger partial charge >= 0.3 is 0 Å². The van der Waals surface area contributed by atoms with Crippen LogP contribution in [0, 0.1) is 0 Å². The van der Waals surface area contributed by atoms with Gasteiger partial charge in [-0.15, -0.1) is 0 Å². The molecule has 1 rings (SSSR count). The topological polar surface area (TPSA) is 63.6 Å². The zero-order valence-corrected chi connectivity index (χ0v) is 11.6. The van der Waals surface area contributed by atoms with E-state index in [0.717, 1.165) is 5.56 Å². The van der Waals surface area contributed by atoms with Gasteiger partial charge in [0.05, 0.1) is 11.9 Å². The Bertz CT molecular complexity index is 450. The monoisotopic (exact) mass is 272 g/mol. The minimum absolute atomic E-state index is 0.0306. The lowest BCUT2D eigenvalue weighted by molar-refractivity contribution is 0.173. The molecule has 0 heterocycles. The van der Waals surface area contributed by atoms with Crippen molar-refractivity contribution in [1.82, 2.24) is 0 Å². The molecule has 0 aliphatic carbocycles. The van der Waals surface area contributed by atoms with E-state index in [-0.39, 0.29) is 18.1 Å². The van der Waals surface area contributed by atoms with Crippen LogP contribution in [-0.2, 0) is 9.84 Å². The van der Waals surface area contributed by atoms with Crippen LogP contribution in [-0.4, -0.2) is 31.6 Å². The predicted molar refractivity (Wildman–Crippen MR) is 71.5 cm³/mol. The SMILES string of the molecule is CCC(O)c1ccc(OCCS(=O)(=O)CC)cc1. The normalized spacial score (nSPS) is 13.3. The maximum Gasteiger partial charge on any atom is 0.153 e. The van der Waals surface area contributed by atoms with Crippen molar-refractivity contribution in [1.29, 1.82) is 0 Å². The van der Waals surface area contributed by atoms with Gasteiger partial charge in [0.15, 0.2) is 9.84 Å². The van der Waals surface area contributed by atoms with Crippen molar-refractivity contribution in [2.45, 2.75) is 26.4 Å². The fraction of sp³-hybridized carbons (Fsp3) is 0.538. The molecular weight excluding hydrogens is 252 g/mol. The highest BCUT2D eigenvalue weighted by molar-refractivity contribution is 7.91. The summed E-state index contributed by atoms with van der Waals surface area (Å²) in [6, 6.07) is 7.06. The Kier molecular flexibility index (Phi) is 5.62. The Morgan fingerprint density at radius 3 is 2.33 bits per heavy atom. The van der Waals surface area contributed by atoms with Crippen molar-refractivity contribution < 1.29 is 18.3 Å². The summed E-state index contributed by atoms with van der Waals surface area (Å²) in [5, 5.41) is 9.61. The Balaban J connectivity index is 2.50. The first-order chi connectivity index (χ1) is 8.48. The van der Waals surface area contributed by atoms with Crippen LogP contribution in [0.1, 0.15) is 31.9 Å². The van der Waals surface area contributed by atoms with E-state index in [4.69, 9.17) is 4.74 Å². The first kappa shape index (κ1) is 15.0. The number of sulfone groups is 1. The number of hydrogen-bond acceptors (Lipinski definition) is 4. The van der Waals surface area contributed by atoms with Crippen LogP contribution in [0.4, 0.5) is 0 Å². The fourth-order valence-electron chi connectivity index (χ4n) is 1.45. The molecule has 1 aromatic rings. The summed E-state index contributed by atoms with van der Waals surface area (Å²) in [5.74, 6) is 0.786. The molecular formula is C13H20O4S. The average molecular weight is 272 g/mol. The molecule has 5 heteroatoms. The lowest BCUT2D eigenvalue weighted by Crippen LogP contribution is -2.15. The lowest BCUT2D eigenvalue weighted by atomic mass is 10.1. The van der Waals surface area contributed by atoms with Crippen LogP contribution >= 0.6 is 0 Å². The summed E-state index contributed by atoms with van der Waals surface area (Å²) in [7, 11) is -2.98. The number of benzene rings is 1. The summed E-state index contributed by atoms with van der Waals surface area (Å²) in [6.45, 7) is 3.69. The smallest absolute Gasteiger partial charge is 0.153 e. The van der Waals surface area contributed by atoms with E-state index in [9.17, 15) is 13.5 Å². The molecule has 1 N–H and O–H groups in total. The number of ether oxygens (including phenoxy) is 1. The summed E-state index contributed by atoms with van der Waals surface area (Å²) in [5.41, 5.74) is 0.839. The van der Waals surface area contributed by atoms with Gasteiger partial charge in [0.25, 0.3) is 0 Å². The molecule has 0 saturated carbocycles. The third-order valence-corrected chi connectivity index (χ3v) is 4.42. The van der Waals surface area contributed by atoms with Crippen LogP contribution < -0.4 is 4.74 Å². The van der Waals surface area contributed by atoms with E-state index in [1.807, 2.05) is 6.92 Å². The van der Waals surface area contributed by atoms with Gasteiger partial charge < -0.3 is 9.84 Å². The molecule has 4 nitrogen and oxygen atoms in total. The van der Waals surface area contributed by atoms with Crippen LogP contribution in [0.15, 0.2) is 24.3 Å². The van der Waals surface area contributed by atoms with E-state index >= 15 is 0 Å². The van der Waals surface area contributed by atoms with Crippen molar-refractivity contribution in [3.8, 4) is 5.75 Å². The fourth-order valence-corrected chi connectivity index (χ4v) is 2.08. The Morgan fingerprint density at radius 1 is 1.22 bits per heavy atom. The van der Waals surface area contributed by atoms with Crippen molar-refractivity contribution in [2.75, 3.05) is 18.1 Å². The van der Waals surface area contributed by atoms with Gasteiger partial charge in [-0.25, -0.2) is 8.42 Å². The molecule has 1 atom stereocenters. The molecule has 1 aromatic carbocycles. The van der Waals surface area contributed by atoms with Crippen LogP contribution in [0.3, 0.4) is 0 Å². The lowest BCUT2D eigenvalue weighted by Gasteiger charge is -2.10. The van der Waals surface area contributed by atoms with Gasteiger partial charge in [0, 0.05) is 5.75 Å². The van der Waals surface area contributed by atoms with Crippen LogP contribution in [0.2, 0.25) is 0 Å². The minimum atomic E-state index is -2.98. The van der Waals surface area contributed by atoms with E-state index in [2.05, 4.69) is 0 Å². The first-order valence-electron chi connectivity index (χ1n) is 6.09. The quantitative estimate of drug-likeness (QED) is 0.824. The molecule has 0 amide bonds. The third kappa shape index (κ3) is 4.66. The molecule has 18 heavy (non-hydrogen) atoms. The molecule has 0 radical (unpaired) electrons. The van der Waals surface area contributed by atoms with Gasteiger partial charge in [0.2, 0.25) is 0 Å². The number of aliphatic hydroxyl groups excluding tert-OH is 1. The Hall–Kier alpha value is -1.07. The molecule has 0 bridgehead atoms. The maximum atomic E-state index is 11.3. The Morgan fingerprint density at radius 2 is 1.83 bits per heavy atom. The van der Waals surface area contributed by atoms with Gasteiger partial charge in [-0.2, -0.15) is 0 Å². The molecule has 0 aliphatic heterocycles. The predicted octanol–water partition coefficient (Wildman–Crippen LogP) is 1.94. The van der Waals surface area contributed by atoms with Crippen molar-refractivity contribution in [3.63, 3.8) is 0 Å². The molecule has 102 valence electrons. The minimum Gasteiger partial charge on any atom is -0.493 e. The highest BCUT2D eigenvalue weighted by atomic mass is 32.2. The van der Waals surface area contributed by atoms with Crippen LogP contribution in [0.5, 0.6) is 5.75 Å². The number of aliphatic hydroxyl groups is 1. The summed E-state index contributed by atoms with van der Waals surface area (Å²) in [4.78, 5) is 0. The van der Waals surface area contributed by atoms with E-state index in [1.54, 1.807) is 31.2 Å². The third-order valence-electron chi connectivity index (χ3n) is 2.75. The maximum absolute atomic E-state index is 11.3. The zero-order valence-electron chi connectivity index (χ0n) is 10.8. The number of hydrogen-bond donors (Lipinski definition) is 1. The van der Waals surface area contributed by atoms with E-state index in [0.29, 0.717) is 12.2 Å². The molecule has 0 fully saturated rings. The molecule has 0 saturated heterocycles. The van der Waals surface area contributed by atoms with Gasteiger partial charge in [-0.3, -0.25) is 0 Å². The average Bonchev–Trinajstić information content (AvgIpc) is 2.38. The zero-order chi connectivity index (χ0) is 13.6. The van der Waals surface area contributed by atoms with E-state index in [1.165, 1.54) is 0 Å². The van der Waals surface area contributed by atoms with Crippen molar-refractivity contribution >= 4 is 9.84 Å². The highest BCUT2D eigenvalue weighted by Gasteiger charge is 2.08. The van der Waals surface area contributed by atoms with E-state index < -0.39 is 15.9 Å². The van der Waals surface area contributed by atoms with Gasteiger partial charge in [0.1, 0.15) is 12.4 Å². The standard InChI is InChI=1S/C13H20O4S/c1-3-13(14)11-5-7-12(8-6-11)17-9-10-18(15,16)4-2/h5-8,13-14H,3-4,9-10H2,1-2H3. The van der Waals surface area contributed by atoms with Gasteiger partial charge in [-0.05, 0) is 24.1 Å². The first-order valence-corrected chi connectivity index (χ1v) is 7.92. The van der Waals surface area contributed by atoms with Crippen LogP contribution in [0.25, 0.3) is 0 Å². The second-order valence-electron chi connectivity index (χ2n) is 4.08. The second kappa shape index (κ2) is 6.75. The Labute approximate surface area is 109 Å². The van der Waals surface area contributed by atoms with Crippen molar-refractivity contribution in [2.24, 2.45) is 0 Å². The summed E-state index contributed by atoms with van der Waals surface area (Å²) in [6.07, 6.45) is 0.203. The summed E-state index contributed by atoms with van der Waals surface area (Å²) < 4.78 is 27.9. The largest absolute Gasteiger partial charge is 0.493 e. The number of rotatable bonds is 7. The van der Waals surface area contributed by atoms with Crippen molar-refractivity contribution in [3.05, 3.63) is 29.8 Å². The second-order valence-corrected chi connectivity index (χ2v) is 6.55.